The first-order chi connectivity index (χ1) is 12.3. The van der Waals surface area contributed by atoms with Gasteiger partial charge in [0.05, 0.1) is 22.0 Å². The lowest BCUT2D eigenvalue weighted by Crippen LogP contribution is -2.23. The van der Waals surface area contributed by atoms with Crippen molar-refractivity contribution in [2.75, 3.05) is 4.72 Å². The lowest BCUT2D eigenvalue weighted by molar-refractivity contribution is 0.498. The smallest absolute Gasteiger partial charge is 0.271 e. The summed E-state index contributed by atoms with van der Waals surface area (Å²) in [5.74, 6) is 0.479. The molecule has 138 valence electrons. The lowest BCUT2D eigenvalue weighted by Gasteiger charge is -2.08. The maximum absolute atomic E-state index is 12.2. The summed E-state index contributed by atoms with van der Waals surface area (Å²) >= 11 is 6.68. The molecule has 3 rings (SSSR count). The Kier molecular flexibility index (Phi) is 5.39. The van der Waals surface area contributed by atoms with Crippen LogP contribution in [0.3, 0.4) is 0 Å². The molecule has 0 spiro atoms. The molecule has 0 unspecified atom stereocenters. The highest BCUT2D eigenvalue weighted by Gasteiger charge is 2.18. The van der Waals surface area contributed by atoms with Crippen LogP contribution in [0.1, 0.15) is 5.76 Å². The molecule has 26 heavy (non-hydrogen) atoms. The van der Waals surface area contributed by atoms with Gasteiger partial charge < -0.3 is 4.42 Å². The normalized spacial score (nSPS) is 12.2. The number of furan rings is 1. The summed E-state index contributed by atoms with van der Waals surface area (Å²) in [4.78, 5) is 0.00571. The zero-order valence-electron chi connectivity index (χ0n) is 13.0. The van der Waals surface area contributed by atoms with E-state index in [1.54, 1.807) is 12.1 Å². The van der Waals surface area contributed by atoms with Crippen molar-refractivity contribution in [1.82, 2.24) is 4.72 Å². The van der Waals surface area contributed by atoms with Crippen molar-refractivity contribution in [2.24, 2.45) is 0 Å². The molecule has 0 saturated heterocycles. The van der Waals surface area contributed by atoms with E-state index in [-0.39, 0.29) is 21.3 Å². The second-order valence-corrected chi connectivity index (χ2v) is 10.5. The molecule has 2 heterocycles. The lowest BCUT2D eigenvalue weighted by atomic mass is 10.3. The fourth-order valence-electron chi connectivity index (χ4n) is 2.01. The van der Waals surface area contributed by atoms with Gasteiger partial charge in [0.15, 0.2) is 0 Å². The standard InChI is InChI=1S/C15H13ClN2O5S3/c16-14-7-8-15(24-14)26(21,22)18-11-3-5-13(6-4-11)25(19,20)17-10-12-2-1-9-23-12/h1-9,17-18H,10H2. The molecule has 1 aromatic carbocycles. The SMILES string of the molecule is O=S(=O)(NCc1ccco1)c1ccc(NS(=O)(=O)c2ccc(Cl)s2)cc1. The predicted molar refractivity (Wildman–Crippen MR) is 99.3 cm³/mol. The Bertz CT molecular complexity index is 1090. The average Bonchev–Trinajstić information content (AvgIpc) is 3.25. The summed E-state index contributed by atoms with van der Waals surface area (Å²) in [7, 11) is -7.52. The van der Waals surface area contributed by atoms with Gasteiger partial charge in [-0.15, -0.1) is 11.3 Å². The highest BCUT2D eigenvalue weighted by Crippen LogP contribution is 2.27. The zero-order valence-corrected chi connectivity index (χ0v) is 16.3. The van der Waals surface area contributed by atoms with Crippen LogP contribution >= 0.6 is 22.9 Å². The van der Waals surface area contributed by atoms with Gasteiger partial charge in [-0.1, -0.05) is 11.6 Å². The van der Waals surface area contributed by atoms with Crippen LogP contribution in [0.5, 0.6) is 0 Å². The molecular formula is C15H13ClN2O5S3. The van der Waals surface area contributed by atoms with Crippen molar-refractivity contribution < 1.29 is 21.3 Å². The number of hydrogen-bond donors (Lipinski definition) is 2. The molecule has 7 nitrogen and oxygen atoms in total. The van der Waals surface area contributed by atoms with E-state index < -0.39 is 20.0 Å². The molecule has 0 aliphatic rings. The van der Waals surface area contributed by atoms with Crippen LogP contribution in [0.15, 0.2) is 68.3 Å². The first-order valence-electron chi connectivity index (χ1n) is 7.16. The first kappa shape index (κ1) is 18.9. The highest BCUT2D eigenvalue weighted by molar-refractivity contribution is 7.94. The van der Waals surface area contributed by atoms with E-state index in [1.165, 1.54) is 42.7 Å². The monoisotopic (exact) mass is 432 g/mol. The molecule has 3 aromatic rings. The maximum atomic E-state index is 12.2. The Hall–Kier alpha value is -1.85. The molecule has 0 amide bonds. The van der Waals surface area contributed by atoms with Gasteiger partial charge in [0.2, 0.25) is 10.0 Å². The summed E-state index contributed by atoms with van der Waals surface area (Å²) < 4.78 is 59.2. The van der Waals surface area contributed by atoms with Gasteiger partial charge in [0, 0.05) is 5.69 Å². The largest absolute Gasteiger partial charge is 0.468 e. The fraction of sp³-hybridized carbons (Fsp3) is 0.0667. The molecule has 0 bridgehead atoms. The number of hydrogen-bond acceptors (Lipinski definition) is 6. The third kappa shape index (κ3) is 4.46. The third-order valence-electron chi connectivity index (χ3n) is 3.25. The van der Waals surface area contributed by atoms with Gasteiger partial charge >= 0.3 is 0 Å². The Morgan fingerprint density at radius 2 is 1.69 bits per heavy atom. The Morgan fingerprint density at radius 1 is 0.962 bits per heavy atom. The molecule has 0 atom stereocenters. The van der Waals surface area contributed by atoms with Crippen molar-refractivity contribution in [3.63, 3.8) is 0 Å². The molecule has 0 aliphatic heterocycles. The molecule has 11 heteroatoms. The maximum Gasteiger partial charge on any atom is 0.271 e. The number of sulfonamides is 2. The topological polar surface area (TPSA) is 105 Å². The van der Waals surface area contributed by atoms with Gasteiger partial charge in [-0.25, -0.2) is 21.6 Å². The van der Waals surface area contributed by atoms with Gasteiger partial charge in [0.1, 0.15) is 9.97 Å². The average molecular weight is 433 g/mol. The molecule has 0 fully saturated rings. The fourth-order valence-corrected chi connectivity index (χ4v) is 5.55. The van der Waals surface area contributed by atoms with Crippen LogP contribution in [0.25, 0.3) is 0 Å². The molecule has 2 N–H and O–H groups in total. The minimum atomic E-state index is -3.77. The van der Waals surface area contributed by atoms with E-state index in [0.717, 1.165) is 11.3 Å². The third-order valence-corrected chi connectivity index (χ3v) is 7.77. The molecule has 0 aliphatic carbocycles. The zero-order chi connectivity index (χ0) is 18.8. The Balaban J connectivity index is 1.71. The second-order valence-electron chi connectivity index (χ2n) is 5.09. The van der Waals surface area contributed by atoms with Crippen LogP contribution < -0.4 is 9.44 Å². The van der Waals surface area contributed by atoms with E-state index in [0.29, 0.717) is 10.1 Å². The van der Waals surface area contributed by atoms with Crippen LogP contribution in [0, 0.1) is 0 Å². The number of rotatable bonds is 7. The highest BCUT2D eigenvalue weighted by atomic mass is 35.5. The van der Waals surface area contributed by atoms with Crippen LogP contribution in [-0.4, -0.2) is 16.8 Å². The summed E-state index contributed by atoms with van der Waals surface area (Å²) in [6.07, 6.45) is 1.45. The van der Waals surface area contributed by atoms with Crippen molar-refractivity contribution >= 4 is 48.7 Å². The predicted octanol–water partition coefficient (Wildman–Crippen LogP) is 3.27. The summed E-state index contributed by atoms with van der Waals surface area (Å²) in [6, 6.07) is 11.5. The number of halogens is 1. The van der Waals surface area contributed by atoms with Crippen LogP contribution in [0.2, 0.25) is 4.34 Å². The van der Waals surface area contributed by atoms with Crippen molar-refractivity contribution in [3.8, 4) is 0 Å². The molecule has 2 aromatic heterocycles. The number of benzene rings is 1. The Morgan fingerprint density at radius 3 is 2.27 bits per heavy atom. The van der Waals surface area contributed by atoms with Gasteiger partial charge in [0.25, 0.3) is 10.0 Å². The number of thiophene rings is 1. The summed E-state index contributed by atoms with van der Waals surface area (Å²) in [6.45, 7) is 0.0167. The first-order valence-corrected chi connectivity index (χ1v) is 11.3. The summed E-state index contributed by atoms with van der Waals surface area (Å²) in [5.41, 5.74) is 0.236. The number of anilines is 1. The quantitative estimate of drug-likeness (QED) is 0.596. The minimum absolute atomic E-state index is 0.00571. The Labute approximate surface area is 159 Å². The van der Waals surface area contributed by atoms with E-state index >= 15 is 0 Å². The van der Waals surface area contributed by atoms with Gasteiger partial charge in [-0.3, -0.25) is 4.72 Å². The van der Waals surface area contributed by atoms with Crippen molar-refractivity contribution in [1.29, 1.82) is 0 Å². The van der Waals surface area contributed by atoms with E-state index in [4.69, 9.17) is 16.0 Å². The van der Waals surface area contributed by atoms with Crippen LogP contribution in [-0.2, 0) is 26.6 Å². The van der Waals surface area contributed by atoms with Crippen molar-refractivity contribution in [2.45, 2.75) is 15.6 Å². The van der Waals surface area contributed by atoms with E-state index in [2.05, 4.69) is 9.44 Å². The second kappa shape index (κ2) is 7.41. The van der Waals surface area contributed by atoms with Gasteiger partial charge in [-0.05, 0) is 48.5 Å². The summed E-state index contributed by atoms with van der Waals surface area (Å²) in [5, 5.41) is 0. The van der Waals surface area contributed by atoms with E-state index in [9.17, 15) is 16.8 Å². The minimum Gasteiger partial charge on any atom is -0.468 e. The molecular weight excluding hydrogens is 420 g/mol. The van der Waals surface area contributed by atoms with Crippen molar-refractivity contribution in [3.05, 3.63) is 64.9 Å². The number of nitrogens with one attached hydrogen (secondary N) is 2. The van der Waals surface area contributed by atoms with Crippen LogP contribution in [0.4, 0.5) is 5.69 Å². The molecule has 0 radical (unpaired) electrons. The molecule has 0 saturated carbocycles. The van der Waals surface area contributed by atoms with E-state index in [1.807, 2.05) is 0 Å². The van der Waals surface area contributed by atoms with Gasteiger partial charge in [-0.2, -0.15) is 0 Å².